The van der Waals surface area contributed by atoms with Crippen LogP contribution in [-0.4, -0.2) is 10.7 Å². The van der Waals surface area contributed by atoms with Crippen LogP contribution < -0.4 is 0 Å². The van der Waals surface area contributed by atoms with Crippen LogP contribution in [0.2, 0.25) is 5.02 Å². The molecule has 0 fully saturated rings. The van der Waals surface area contributed by atoms with Crippen molar-refractivity contribution in [3.63, 3.8) is 0 Å². The predicted molar refractivity (Wildman–Crippen MR) is 60.6 cm³/mol. The summed E-state index contributed by atoms with van der Waals surface area (Å²) in [6.07, 6.45) is 0.668. The molecule has 0 amide bonds. The van der Waals surface area contributed by atoms with E-state index in [9.17, 15) is 5.11 Å². The Kier molecular flexibility index (Phi) is 3.57. The van der Waals surface area contributed by atoms with Crippen LogP contribution >= 0.6 is 11.6 Å². The van der Waals surface area contributed by atoms with E-state index in [1.54, 1.807) is 0 Å². The van der Waals surface area contributed by atoms with Crippen LogP contribution in [0.5, 0.6) is 0 Å². The fourth-order valence-electron chi connectivity index (χ4n) is 1.22. The molecule has 0 radical (unpaired) electrons. The van der Waals surface area contributed by atoms with Crippen molar-refractivity contribution in [3.05, 3.63) is 34.9 Å². The fraction of sp³-hybridized carbons (Fsp3) is 0.500. The molecule has 0 bridgehead atoms. The molecular formula is C12H17ClO. The molecule has 0 saturated heterocycles. The average molecular weight is 213 g/mol. The largest absolute Gasteiger partial charge is 0.390 e. The zero-order valence-electron chi connectivity index (χ0n) is 8.92. The van der Waals surface area contributed by atoms with E-state index >= 15 is 0 Å². The highest BCUT2D eigenvalue weighted by molar-refractivity contribution is 6.30. The summed E-state index contributed by atoms with van der Waals surface area (Å²) in [6, 6.07) is 7.62. The summed E-state index contributed by atoms with van der Waals surface area (Å²) in [5.41, 5.74) is 0.474. The monoisotopic (exact) mass is 212 g/mol. The number of halogens is 1. The first-order chi connectivity index (χ1) is 6.42. The van der Waals surface area contributed by atoms with Crippen LogP contribution in [-0.2, 0) is 6.42 Å². The van der Waals surface area contributed by atoms with Gasteiger partial charge in [0.15, 0.2) is 0 Å². The first-order valence-corrected chi connectivity index (χ1v) is 5.26. The summed E-state index contributed by atoms with van der Waals surface area (Å²) < 4.78 is 0. The van der Waals surface area contributed by atoms with Crippen LogP contribution in [0.4, 0.5) is 0 Å². The lowest BCUT2D eigenvalue weighted by Crippen LogP contribution is -2.33. The maximum Gasteiger partial charge on any atom is 0.0682 e. The Hall–Kier alpha value is -0.530. The van der Waals surface area contributed by atoms with Crippen molar-refractivity contribution in [2.75, 3.05) is 0 Å². The minimum absolute atomic E-state index is 0.248. The van der Waals surface area contributed by atoms with Gasteiger partial charge in [-0.25, -0.2) is 0 Å². The second-order valence-corrected chi connectivity index (χ2v) is 4.75. The first-order valence-electron chi connectivity index (χ1n) is 4.88. The third kappa shape index (κ3) is 3.00. The molecule has 1 atom stereocenters. The van der Waals surface area contributed by atoms with Crippen molar-refractivity contribution in [1.29, 1.82) is 0 Å². The summed E-state index contributed by atoms with van der Waals surface area (Å²) >= 11 is 5.78. The minimum atomic E-state index is -0.645. The third-order valence-electron chi connectivity index (χ3n) is 2.72. The van der Waals surface area contributed by atoms with Gasteiger partial charge in [-0.3, -0.25) is 0 Å². The van der Waals surface area contributed by atoms with Crippen molar-refractivity contribution in [2.24, 2.45) is 5.92 Å². The molecule has 1 aromatic carbocycles. The summed E-state index contributed by atoms with van der Waals surface area (Å²) in [6.45, 7) is 5.91. The maximum absolute atomic E-state index is 10.1. The molecule has 0 unspecified atom stereocenters. The quantitative estimate of drug-likeness (QED) is 0.816. The van der Waals surface area contributed by atoms with Gasteiger partial charge >= 0.3 is 0 Å². The third-order valence-corrected chi connectivity index (χ3v) is 2.97. The predicted octanol–water partition coefficient (Wildman–Crippen LogP) is 3.29. The Morgan fingerprint density at radius 3 is 2.21 bits per heavy atom. The number of benzene rings is 1. The summed E-state index contributed by atoms with van der Waals surface area (Å²) in [4.78, 5) is 0. The van der Waals surface area contributed by atoms with E-state index in [0.717, 1.165) is 10.6 Å². The van der Waals surface area contributed by atoms with Gasteiger partial charge < -0.3 is 5.11 Å². The highest BCUT2D eigenvalue weighted by Crippen LogP contribution is 2.22. The molecule has 1 aromatic rings. The van der Waals surface area contributed by atoms with Crippen LogP contribution in [0.1, 0.15) is 26.3 Å². The highest BCUT2D eigenvalue weighted by Gasteiger charge is 2.24. The van der Waals surface area contributed by atoms with Crippen LogP contribution in [0, 0.1) is 5.92 Å². The molecule has 0 heterocycles. The van der Waals surface area contributed by atoms with Gasteiger partial charge in [0.05, 0.1) is 5.60 Å². The Morgan fingerprint density at radius 2 is 1.79 bits per heavy atom. The molecule has 14 heavy (non-hydrogen) atoms. The Balaban J connectivity index is 2.74. The smallest absolute Gasteiger partial charge is 0.0682 e. The molecule has 1 N–H and O–H groups in total. The second-order valence-electron chi connectivity index (χ2n) is 4.32. The number of aliphatic hydroxyl groups is 1. The zero-order chi connectivity index (χ0) is 10.8. The van der Waals surface area contributed by atoms with Gasteiger partial charge in [-0.05, 0) is 30.5 Å². The summed E-state index contributed by atoms with van der Waals surface area (Å²) in [5.74, 6) is 0.248. The molecule has 0 aliphatic heterocycles. The van der Waals surface area contributed by atoms with E-state index in [1.165, 1.54) is 0 Å². The minimum Gasteiger partial charge on any atom is -0.390 e. The molecule has 0 aromatic heterocycles. The zero-order valence-corrected chi connectivity index (χ0v) is 9.67. The number of hydrogen-bond acceptors (Lipinski definition) is 1. The Bertz CT molecular complexity index is 288. The number of rotatable bonds is 3. The van der Waals surface area contributed by atoms with Crippen LogP contribution in [0.15, 0.2) is 24.3 Å². The van der Waals surface area contributed by atoms with E-state index in [0.29, 0.717) is 6.42 Å². The van der Waals surface area contributed by atoms with E-state index in [-0.39, 0.29) is 5.92 Å². The van der Waals surface area contributed by atoms with E-state index in [1.807, 2.05) is 45.0 Å². The first kappa shape index (κ1) is 11.5. The van der Waals surface area contributed by atoms with E-state index < -0.39 is 5.60 Å². The van der Waals surface area contributed by atoms with Gasteiger partial charge in [0.2, 0.25) is 0 Å². The van der Waals surface area contributed by atoms with Gasteiger partial charge in [-0.2, -0.15) is 0 Å². The average Bonchev–Trinajstić information content (AvgIpc) is 2.08. The van der Waals surface area contributed by atoms with Gasteiger partial charge in [0.1, 0.15) is 0 Å². The highest BCUT2D eigenvalue weighted by atomic mass is 35.5. The molecule has 0 saturated carbocycles. The van der Waals surface area contributed by atoms with E-state index in [4.69, 9.17) is 11.6 Å². The molecule has 1 nitrogen and oxygen atoms in total. The molecule has 78 valence electrons. The fourth-order valence-corrected chi connectivity index (χ4v) is 1.35. The molecular weight excluding hydrogens is 196 g/mol. The summed E-state index contributed by atoms with van der Waals surface area (Å²) in [5, 5.41) is 10.8. The van der Waals surface area contributed by atoms with Gasteiger partial charge in [0, 0.05) is 11.4 Å². The normalized spacial score (nSPS) is 15.6. The van der Waals surface area contributed by atoms with Crippen molar-refractivity contribution >= 4 is 11.6 Å². The SMILES string of the molecule is CC(C)[C@@](C)(O)Cc1ccc(Cl)cc1. The molecule has 0 aliphatic rings. The van der Waals surface area contributed by atoms with Crippen molar-refractivity contribution in [3.8, 4) is 0 Å². The molecule has 0 aliphatic carbocycles. The van der Waals surface area contributed by atoms with Gasteiger partial charge in [0.25, 0.3) is 0 Å². The van der Waals surface area contributed by atoms with Gasteiger partial charge in [-0.15, -0.1) is 0 Å². The van der Waals surface area contributed by atoms with Crippen molar-refractivity contribution in [1.82, 2.24) is 0 Å². The summed E-state index contributed by atoms with van der Waals surface area (Å²) in [7, 11) is 0. The second kappa shape index (κ2) is 4.33. The van der Waals surface area contributed by atoms with Crippen molar-refractivity contribution < 1.29 is 5.11 Å². The number of hydrogen-bond donors (Lipinski definition) is 1. The van der Waals surface area contributed by atoms with Gasteiger partial charge in [-0.1, -0.05) is 37.6 Å². The van der Waals surface area contributed by atoms with Crippen molar-refractivity contribution in [2.45, 2.75) is 32.8 Å². The topological polar surface area (TPSA) is 20.2 Å². The maximum atomic E-state index is 10.1. The standard InChI is InChI=1S/C12H17ClO/c1-9(2)12(3,14)8-10-4-6-11(13)7-5-10/h4-7,9,14H,8H2,1-3H3/t12-/m0/s1. The lowest BCUT2D eigenvalue weighted by Gasteiger charge is -2.27. The van der Waals surface area contributed by atoms with E-state index in [2.05, 4.69) is 0 Å². The lowest BCUT2D eigenvalue weighted by atomic mass is 9.86. The van der Waals surface area contributed by atoms with Crippen LogP contribution in [0.25, 0.3) is 0 Å². The van der Waals surface area contributed by atoms with Crippen LogP contribution in [0.3, 0.4) is 0 Å². The Morgan fingerprint density at radius 1 is 1.29 bits per heavy atom. The lowest BCUT2D eigenvalue weighted by molar-refractivity contribution is 0.0140. The molecule has 0 spiro atoms. The molecule has 2 heteroatoms. The molecule has 1 rings (SSSR count). The Labute approximate surface area is 90.7 Å².